The van der Waals surface area contributed by atoms with Crippen LogP contribution in [0.2, 0.25) is 0 Å². The monoisotopic (exact) mass is 240 g/mol. The van der Waals surface area contributed by atoms with E-state index in [0.29, 0.717) is 13.2 Å². The lowest BCUT2D eigenvalue weighted by Gasteiger charge is -2.07. The van der Waals surface area contributed by atoms with E-state index in [2.05, 4.69) is 17.2 Å². The molecule has 1 heterocycles. The fraction of sp³-hybridized carbons (Fsp3) is 0.833. The van der Waals surface area contributed by atoms with Gasteiger partial charge in [-0.1, -0.05) is 31.4 Å². The maximum absolute atomic E-state index is 5.66. The third-order valence-corrected chi connectivity index (χ3v) is 2.88. The normalized spacial score (nSPS) is 11.0. The molecule has 1 aromatic rings. The van der Waals surface area contributed by atoms with E-state index in [1.165, 1.54) is 19.3 Å². The molecule has 1 rings (SSSR count). The fourth-order valence-corrected chi connectivity index (χ4v) is 1.87. The Bertz CT molecular complexity index is 311. The van der Waals surface area contributed by atoms with Crippen LogP contribution in [0.1, 0.15) is 44.0 Å². The molecule has 0 unspecified atom stereocenters. The van der Waals surface area contributed by atoms with Crippen LogP contribution in [0.25, 0.3) is 0 Å². The fourth-order valence-electron chi connectivity index (χ4n) is 1.87. The van der Waals surface area contributed by atoms with Crippen molar-refractivity contribution in [3.8, 4) is 0 Å². The Morgan fingerprint density at radius 1 is 1.29 bits per heavy atom. The predicted molar refractivity (Wildman–Crippen MR) is 67.6 cm³/mol. The van der Waals surface area contributed by atoms with Gasteiger partial charge in [-0.3, -0.25) is 0 Å². The van der Waals surface area contributed by atoms with Gasteiger partial charge < -0.3 is 10.5 Å². The molecule has 0 atom stereocenters. The number of nitrogens with zero attached hydrogens (tertiary/aromatic N) is 3. The first kappa shape index (κ1) is 14.1. The summed E-state index contributed by atoms with van der Waals surface area (Å²) in [5.41, 5.74) is 7.69. The van der Waals surface area contributed by atoms with Crippen LogP contribution in [0, 0.1) is 0 Å². The molecule has 0 saturated heterocycles. The number of hydrogen-bond acceptors (Lipinski definition) is 4. The van der Waals surface area contributed by atoms with Gasteiger partial charge in [0.2, 0.25) is 0 Å². The van der Waals surface area contributed by atoms with Crippen molar-refractivity contribution in [2.75, 3.05) is 13.7 Å². The number of ether oxygens (including phenoxy) is 1. The van der Waals surface area contributed by atoms with Crippen LogP contribution in [0.5, 0.6) is 0 Å². The largest absolute Gasteiger partial charge is 0.384 e. The summed E-state index contributed by atoms with van der Waals surface area (Å²) in [6.07, 6.45) is 5.77. The SMILES string of the molecule is CCCCCCn1nnc(CN)c1CCOC. The topological polar surface area (TPSA) is 66.0 Å². The summed E-state index contributed by atoms with van der Waals surface area (Å²) in [5, 5.41) is 8.29. The molecule has 2 N–H and O–H groups in total. The first-order valence-corrected chi connectivity index (χ1v) is 6.43. The van der Waals surface area contributed by atoms with Crippen LogP contribution in [0.4, 0.5) is 0 Å². The quantitative estimate of drug-likeness (QED) is 0.664. The van der Waals surface area contributed by atoms with Gasteiger partial charge >= 0.3 is 0 Å². The van der Waals surface area contributed by atoms with E-state index < -0.39 is 0 Å². The highest BCUT2D eigenvalue weighted by Crippen LogP contribution is 2.09. The molecule has 0 aliphatic carbocycles. The summed E-state index contributed by atoms with van der Waals surface area (Å²) in [4.78, 5) is 0. The number of nitrogens with two attached hydrogens (primary N) is 1. The molecule has 0 aliphatic rings. The third kappa shape index (κ3) is 4.44. The second-order valence-electron chi connectivity index (χ2n) is 4.21. The average Bonchev–Trinajstić information content (AvgIpc) is 2.74. The molecule has 5 nitrogen and oxygen atoms in total. The van der Waals surface area contributed by atoms with Crippen LogP contribution in [-0.2, 0) is 24.2 Å². The van der Waals surface area contributed by atoms with Crippen LogP contribution >= 0.6 is 0 Å². The lowest BCUT2D eigenvalue weighted by atomic mass is 10.2. The molecule has 0 aliphatic heterocycles. The highest BCUT2D eigenvalue weighted by Gasteiger charge is 2.10. The van der Waals surface area contributed by atoms with E-state index in [4.69, 9.17) is 10.5 Å². The van der Waals surface area contributed by atoms with Crippen molar-refractivity contribution in [2.45, 2.75) is 52.1 Å². The number of aromatic nitrogens is 3. The van der Waals surface area contributed by atoms with Crippen LogP contribution in [0.3, 0.4) is 0 Å². The van der Waals surface area contributed by atoms with Gasteiger partial charge in [-0.05, 0) is 6.42 Å². The van der Waals surface area contributed by atoms with Gasteiger partial charge in [-0.2, -0.15) is 0 Å². The smallest absolute Gasteiger partial charge is 0.0995 e. The number of rotatable bonds is 9. The van der Waals surface area contributed by atoms with Gasteiger partial charge in [0.15, 0.2) is 0 Å². The number of aryl methyl sites for hydroxylation is 1. The predicted octanol–water partition coefficient (Wildman–Crippen LogP) is 1.51. The Morgan fingerprint density at radius 2 is 2.12 bits per heavy atom. The second-order valence-corrected chi connectivity index (χ2v) is 4.21. The first-order chi connectivity index (χ1) is 8.33. The van der Waals surface area contributed by atoms with Crippen molar-refractivity contribution in [1.82, 2.24) is 15.0 Å². The zero-order valence-electron chi connectivity index (χ0n) is 11.0. The Hall–Kier alpha value is -0.940. The zero-order chi connectivity index (χ0) is 12.5. The minimum Gasteiger partial charge on any atom is -0.384 e. The molecule has 1 aromatic heterocycles. The van der Waals surface area contributed by atoms with Crippen molar-refractivity contribution in [2.24, 2.45) is 5.73 Å². The number of hydrogen-bond donors (Lipinski definition) is 1. The summed E-state index contributed by atoms with van der Waals surface area (Å²) in [5.74, 6) is 0. The summed E-state index contributed by atoms with van der Waals surface area (Å²) in [7, 11) is 1.71. The van der Waals surface area contributed by atoms with Crippen LogP contribution in [-0.4, -0.2) is 28.7 Å². The molecular formula is C12H24N4O. The zero-order valence-corrected chi connectivity index (χ0v) is 11.0. The summed E-state index contributed by atoms with van der Waals surface area (Å²) < 4.78 is 7.09. The van der Waals surface area contributed by atoms with E-state index in [0.717, 1.165) is 30.8 Å². The van der Waals surface area contributed by atoms with E-state index in [1.54, 1.807) is 7.11 Å². The van der Waals surface area contributed by atoms with E-state index in [9.17, 15) is 0 Å². The summed E-state index contributed by atoms with van der Waals surface area (Å²) in [6.45, 7) is 4.29. The maximum Gasteiger partial charge on any atom is 0.0995 e. The molecule has 0 saturated carbocycles. The Labute approximate surface area is 103 Å². The van der Waals surface area contributed by atoms with Gasteiger partial charge in [0.25, 0.3) is 0 Å². The number of unbranched alkanes of at least 4 members (excludes halogenated alkanes) is 3. The highest BCUT2D eigenvalue weighted by atomic mass is 16.5. The molecule has 0 radical (unpaired) electrons. The Kier molecular flexibility index (Phi) is 6.81. The molecule has 0 bridgehead atoms. The molecule has 5 heteroatoms. The lowest BCUT2D eigenvalue weighted by molar-refractivity contribution is 0.200. The Morgan fingerprint density at radius 3 is 2.76 bits per heavy atom. The van der Waals surface area contributed by atoms with Crippen molar-refractivity contribution in [1.29, 1.82) is 0 Å². The molecule has 0 spiro atoms. The van der Waals surface area contributed by atoms with Crippen LogP contribution < -0.4 is 5.73 Å². The van der Waals surface area contributed by atoms with Crippen molar-refractivity contribution in [3.05, 3.63) is 11.4 Å². The van der Waals surface area contributed by atoms with Gasteiger partial charge in [-0.25, -0.2) is 4.68 Å². The summed E-state index contributed by atoms with van der Waals surface area (Å²) >= 11 is 0. The molecular weight excluding hydrogens is 216 g/mol. The van der Waals surface area contributed by atoms with Gasteiger partial charge in [0, 0.05) is 26.6 Å². The maximum atomic E-state index is 5.66. The second kappa shape index (κ2) is 8.20. The highest BCUT2D eigenvalue weighted by molar-refractivity contribution is 5.10. The Balaban J connectivity index is 2.53. The third-order valence-electron chi connectivity index (χ3n) is 2.88. The van der Waals surface area contributed by atoms with Gasteiger partial charge in [0.1, 0.15) is 0 Å². The minimum atomic E-state index is 0.452. The van der Waals surface area contributed by atoms with E-state index >= 15 is 0 Å². The molecule has 17 heavy (non-hydrogen) atoms. The van der Waals surface area contributed by atoms with Crippen molar-refractivity contribution in [3.63, 3.8) is 0 Å². The van der Waals surface area contributed by atoms with Gasteiger partial charge in [-0.15, -0.1) is 5.10 Å². The standard InChI is InChI=1S/C12H24N4O/c1-3-4-5-6-8-16-12(7-9-17-2)11(10-13)14-15-16/h3-10,13H2,1-2H3. The van der Waals surface area contributed by atoms with Crippen molar-refractivity contribution >= 4 is 0 Å². The van der Waals surface area contributed by atoms with Gasteiger partial charge in [0.05, 0.1) is 18.0 Å². The summed E-state index contributed by atoms with van der Waals surface area (Å²) in [6, 6.07) is 0. The molecule has 0 aromatic carbocycles. The van der Waals surface area contributed by atoms with Crippen molar-refractivity contribution < 1.29 is 4.74 Å². The minimum absolute atomic E-state index is 0.452. The van der Waals surface area contributed by atoms with E-state index in [-0.39, 0.29) is 0 Å². The van der Waals surface area contributed by atoms with Crippen LogP contribution in [0.15, 0.2) is 0 Å². The van der Waals surface area contributed by atoms with E-state index in [1.807, 2.05) is 4.68 Å². The number of methoxy groups -OCH3 is 1. The first-order valence-electron chi connectivity index (χ1n) is 6.43. The molecule has 0 amide bonds. The average molecular weight is 240 g/mol. The lowest BCUT2D eigenvalue weighted by Crippen LogP contribution is -2.10. The molecule has 98 valence electrons. The molecule has 0 fully saturated rings.